The second kappa shape index (κ2) is 9.06. The van der Waals surface area contributed by atoms with E-state index in [9.17, 15) is 14.0 Å². The second-order valence-corrected chi connectivity index (χ2v) is 7.73. The molecule has 2 amide bonds. The third-order valence-corrected chi connectivity index (χ3v) is 5.60. The Kier molecular flexibility index (Phi) is 6.53. The smallest absolute Gasteiger partial charge is 0.260 e. The molecular formula is C16H17FN4O3S2. The number of amides is 2. The van der Waals surface area contributed by atoms with E-state index >= 15 is 0 Å². The van der Waals surface area contributed by atoms with Crippen LogP contribution in [-0.2, 0) is 9.53 Å². The quantitative estimate of drug-likeness (QED) is 0.551. The number of nitrogens with zero attached hydrogens (tertiary/aromatic N) is 2. The Bertz CT molecular complexity index is 780. The third-order valence-electron chi connectivity index (χ3n) is 3.62. The monoisotopic (exact) mass is 396 g/mol. The van der Waals surface area contributed by atoms with Crippen LogP contribution in [0.5, 0.6) is 0 Å². The predicted molar refractivity (Wildman–Crippen MR) is 97.0 cm³/mol. The van der Waals surface area contributed by atoms with Gasteiger partial charge in [0.05, 0.1) is 17.4 Å². The van der Waals surface area contributed by atoms with Gasteiger partial charge in [0.2, 0.25) is 11.0 Å². The van der Waals surface area contributed by atoms with Crippen LogP contribution in [0.25, 0.3) is 0 Å². The lowest BCUT2D eigenvalue weighted by atomic mass is 10.2. The number of halogens is 1. The minimum atomic E-state index is -0.605. The summed E-state index contributed by atoms with van der Waals surface area (Å²) in [6, 6.07) is 5.69. The van der Waals surface area contributed by atoms with E-state index in [4.69, 9.17) is 4.74 Å². The molecule has 2 heterocycles. The van der Waals surface area contributed by atoms with Crippen molar-refractivity contribution in [3.63, 3.8) is 0 Å². The van der Waals surface area contributed by atoms with E-state index in [2.05, 4.69) is 20.8 Å². The van der Waals surface area contributed by atoms with Gasteiger partial charge in [0.15, 0.2) is 4.34 Å². The molecule has 1 saturated heterocycles. The van der Waals surface area contributed by atoms with Crippen LogP contribution in [0.15, 0.2) is 28.6 Å². The van der Waals surface area contributed by atoms with Gasteiger partial charge in [-0.1, -0.05) is 35.2 Å². The van der Waals surface area contributed by atoms with Crippen molar-refractivity contribution in [1.82, 2.24) is 15.5 Å². The number of thioether (sulfide) groups is 1. The molecule has 0 radical (unpaired) electrons. The molecule has 2 aromatic rings. The van der Waals surface area contributed by atoms with E-state index in [1.165, 1.54) is 30.0 Å². The number of nitrogens with one attached hydrogen (secondary N) is 2. The maximum absolute atomic E-state index is 13.6. The molecule has 1 aliphatic heterocycles. The summed E-state index contributed by atoms with van der Waals surface area (Å²) in [6.07, 6.45) is 2.10. The van der Waals surface area contributed by atoms with E-state index in [1.807, 2.05) is 0 Å². The molecule has 10 heteroatoms. The van der Waals surface area contributed by atoms with E-state index in [0.29, 0.717) is 10.9 Å². The lowest BCUT2D eigenvalue weighted by Crippen LogP contribution is -2.32. The number of hydrogen-bond donors (Lipinski definition) is 2. The fraction of sp³-hybridized carbons (Fsp3) is 0.375. The molecule has 138 valence electrons. The van der Waals surface area contributed by atoms with Gasteiger partial charge in [-0.25, -0.2) is 4.39 Å². The first-order valence-corrected chi connectivity index (χ1v) is 9.82. The van der Waals surface area contributed by atoms with Crippen molar-refractivity contribution >= 4 is 40.0 Å². The number of ether oxygens (including phenoxy) is 1. The van der Waals surface area contributed by atoms with Crippen molar-refractivity contribution in [2.24, 2.45) is 0 Å². The van der Waals surface area contributed by atoms with Gasteiger partial charge in [-0.3, -0.25) is 14.9 Å². The molecule has 26 heavy (non-hydrogen) atoms. The van der Waals surface area contributed by atoms with Gasteiger partial charge in [-0.2, -0.15) is 0 Å². The van der Waals surface area contributed by atoms with Crippen LogP contribution in [0.1, 0.15) is 23.2 Å². The van der Waals surface area contributed by atoms with Crippen LogP contribution in [0, 0.1) is 5.82 Å². The number of carbonyl (C=O) groups excluding carboxylic acids is 2. The maximum Gasteiger partial charge on any atom is 0.260 e. The Morgan fingerprint density at radius 3 is 2.96 bits per heavy atom. The normalized spacial score (nSPS) is 16.4. The Labute approximate surface area is 157 Å². The van der Waals surface area contributed by atoms with E-state index in [0.717, 1.165) is 30.8 Å². The molecule has 1 fully saturated rings. The molecule has 0 saturated carbocycles. The average Bonchev–Trinajstić information content (AvgIpc) is 3.30. The zero-order valence-corrected chi connectivity index (χ0v) is 15.4. The first-order chi connectivity index (χ1) is 12.6. The van der Waals surface area contributed by atoms with Crippen LogP contribution in [-0.4, -0.2) is 47.0 Å². The van der Waals surface area contributed by atoms with Crippen LogP contribution in [0.4, 0.5) is 9.52 Å². The number of aromatic nitrogens is 2. The predicted octanol–water partition coefficient (Wildman–Crippen LogP) is 2.32. The molecule has 1 atom stereocenters. The topological polar surface area (TPSA) is 93.2 Å². The fourth-order valence-corrected chi connectivity index (χ4v) is 3.92. The number of anilines is 1. The highest BCUT2D eigenvalue weighted by Gasteiger charge is 2.17. The van der Waals surface area contributed by atoms with Crippen molar-refractivity contribution < 1.29 is 18.7 Å². The van der Waals surface area contributed by atoms with Crippen molar-refractivity contribution in [2.45, 2.75) is 23.3 Å². The number of rotatable bonds is 7. The summed E-state index contributed by atoms with van der Waals surface area (Å²) in [6.45, 7) is 1.26. The minimum absolute atomic E-state index is 0.0644. The van der Waals surface area contributed by atoms with Gasteiger partial charge in [-0.05, 0) is 25.0 Å². The standard InChI is InChI=1S/C16H17FN4O3S2/c17-12-6-2-1-5-11(12)14(23)19-15-20-21-16(26-15)25-9-13(22)18-8-10-4-3-7-24-10/h1-2,5-6,10H,3-4,7-9H2,(H,18,22)(H,19,20,23)/t10-/m0/s1. The lowest BCUT2D eigenvalue weighted by Gasteiger charge is -2.09. The number of benzene rings is 1. The first-order valence-electron chi connectivity index (χ1n) is 8.02. The van der Waals surface area contributed by atoms with Gasteiger partial charge in [0.25, 0.3) is 5.91 Å². The molecular weight excluding hydrogens is 379 g/mol. The average molecular weight is 396 g/mol. The maximum atomic E-state index is 13.6. The van der Waals surface area contributed by atoms with Gasteiger partial charge >= 0.3 is 0 Å². The van der Waals surface area contributed by atoms with Crippen molar-refractivity contribution in [3.05, 3.63) is 35.6 Å². The summed E-state index contributed by atoms with van der Waals surface area (Å²) in [5.74, 6) is -1.11. The van der Waals surface area contributed by atoms with Crippen LogP contribution in [0.3, 0.4) is 0 Å². The van der Waals surface area contributed by atoms with Gasteiger partial charge in [-0.15, -0.1) is 10.2 Å². The molecule has 1 aromatic carbocycles. The summed E-state index contributed by atoms with van der Waals surface area (Å²) in [5, 5.41) is 13.3. The fourth-order valence-electron chi connectivity index (χ4n) is 2.34. The molecule has 2 N–H and O–H groups in total. The SMILES string of the molecule is O=C(CSc1nnc(NC(=O)c2ccccc2F)s1)NC[C@@H]1CCCO1. The van der Waals surface area contributed by atoms with Gasteiger partial charge in [0.1, 0.15) is 5.82 Å². The van der Waals surface area contributed by atoms with Crippen LogP contribution in [0.2, 0.25) is 0 Å². The minimum Gasteiger partial charge on any atom is -0.376 e. The Morgan fingerprint density at radius 1 is 1.35 bits per heavy atom. The summed E-state index contributed by atoms with van der Waals surface area (Å²) in [5.41, 5.74) is -0.0644. The highest BCUT2D eigenvalue weighted by molar-refractivity contribution is 8.01. The molecule has 3 rings (SSSR count). The van der Waals surface area contributed by atoms with Crippen molar-refractivity contribution in [2.75, 3.05) is 24.2 Å². The Morgan fingerprint density at radius 2 is 2.19 bits per heavy atom. The van der Waals surface area contributed by atoms with Crippen molar-refractivity contribution in [1.29, 1.82) is 0 Å². The second-order valence-electron chi connectivity index (χ2n) is 5.53. The van der Waals surface area contributed by atoms with Gasteiger partial charge in [0, 0.05) is 13.2 Å². The number of carbonyl (C=O) groups is 2. The molecule has 0 bridgehead atoms. The molecule has 0 spiro atoms. The summed E-state index contributed by atoms with van der Waals surface area (Å²) < 4.78 is 19.6. The Hall–Kier alpha value is -2.04. The van der Waals surface area contributed by atoms with Crippen LogP contribution >= 0.6 is 23.1 Å². The molecule has 0 aliphatic carbocycles. The zero-order valence-electron chi connectivity index (χ0n) is 13.7. The van der Waals surface area contributed by atoms with E-state index in [1.54, 1.807) is 6.07 Å². The molecule has 7 nitrogen and oxygen atoms in total. The Balaban J connectivity index is 1.44. The summed E-state index contributed by atoms with van der Waals surface area (Å²) in [7, 11) is 0. The summed E-state index contributed by atoms with van der Waals surface area (Å²) in [4.78, 5) is 23.9. The van der Waals surface area contributed by atoms with Crippen LogP contribution < -0.4 is 10.6 Å². The highest BCUT2D eigenvalue weighted by Crippen LogP contribution is 2.25. The zero-order chi connectivity index (χ0) is 18.4. The molecule has 0 unspecified atom stereocenters. The largest absolute Gasteiger partial charge is 0.376 e. The van der Waals surface area contributed by atoms with E-state index in [-0.39, 0.29) is 28.5 Å². The third kappa shape index (κ3) is 5.23. The van der Waals surface area contributed by atoms with E-state index < -0.39 is 11.7 Å². The van der Waals surface area contributed by atoms with Crippen molar-refractivity contribution in [3.8, 4) is 0 Å². The molecule has 1 aliphatic rings. The molecule has 1 aromatic heterocycles. The number of hydrogen-bond acceptors (Lipinski definition) is 7. The summed E-state index contributed by atoms with van der Waals surface area (Å²) >= 11 is 2.35. The van der Waals surface area contributed by atoms with Gasteiger partial charge < -0.3 is 10.1 Å². The lowest BCUT2D eigenvalue weighted by molar-refractivity contribution is -0.119. The first kappa shape index (κ1) is 18.7. The highest BCUT2D eigenvalue weighted by atomic mass is 32.2.